The van der Waals surface area contributed by atoms with Crippen LogP contribution in [0.1, 0.15) is 0 Å². The highest BCUT2D eigenvalue weighted by atomic mass is 32.2. The molecule has 0 fully saturated rings. The van der Waals surface area contributed by atoms with Crippen LogP contribution in [-0.4, -0.2) is 31.6 Å². The molecule has 0 bridgehead atoms. The zero-order valence-electron chi connectivity index (χ0n) is 13.1. The van der Waals surface area contributed by atoms with Crippen LogP contribution in [-0.2, 0) is 10.0 Å². The van der Waals surface area contributed by atoms with E-state index in [-0.39, 0.29) is 10.7 Å². The molecule has 3 aromatic rings. The van der Waals surface area contributed by atoms with Crippen molar-refractivity contribution >= 4 is 10.0 Å². The van der Waals surface area contributed by atoms with Crippen LogP contribution in [0, 0.1) is 6.20 Å². The molecule has 0 amide bonds. The number of benzene rings is 2. The third-order valence-corrected chi connectivity index (χ3v) is 5.16. The topological polar surface area (TPSA) is 70.4 Å². The van der Waals surface area contributed by atoms with Gasteiger partial charge in [0.05, 0.1) is 25.3 Å². The molecule has 0 unspecified atom stereocenters. The van der Waals surface area contributed by atoms with Crippen molar-refractivity contribution in [3.05, 3.63) is 60.9 Å². The van der Waals surface area contributed by atoms with Gasteiger partial charge in [0.25, 0.3) is 10.0 Å². The highest BCUT2D eigenvalue weighted by Crippen LogP contribution is 2.32. The average molecular weight is 343 g/mol. The van der Waals surface area contributed by atoms with E-state index in [9.17, 15) is 8.42 Å². The van der Waals surface area contributed by atoms with Gasteiger partial charge in [-0.1, -0.05) is 18.2 Å². The molecule has 0 aliphatic rings. The molecule has 7 heteroatoms. The zero-order valence-corrected chi connectivity index (χ0v) is 13.9. The van der Waals surface area contributed by atoms with Crippen LogP contribution in [0.25, 0.3) is 11.4 Å². The quantitative estimate of drug-likeness (QED) is 0.712. The van der Waals surface area contributed by atoms with Gasteiger partial charge in [-0.2, -0.15) is 0 Å². The minimum atomic E-state index is -3.76. The van der Waals surface area contributed by atoms with E-state index >= 15 is 0 Å². The molecule has 0 saturated carbocycles. The Bertz CT molecular complexity index is 950. The molecule has 0 atom stereocenters. The Kier molecular flexibility index (Phi) is 4.26. The summed E-state index contributed by atoms with van der Waals surface area (Å²) in [7, 11) is -0.710. The van der Waals surface area contributed by atoms with E-state index < -0.39 is 10.0 Å². The average Bonchev–Trinajstić information content (AvgIpc) is 3.12. The monoisotopic (exact) mass is 343 g/mol. The molecular formula is C17H15N2O4S. The van der Waals surface area contributed by atoms with E-state index in [1.165, 1.54) is 32.5 Å². The van der Waals surface area contributed by atoms with Crippen LogP contribution in [0.5, 0.6) is 11.5 Å². The van der Waals surface area contributed by atoms with E-state index in [4.69, 9.17) is 9.47 Å². The Morgan fingerprint density at radius 1 is 1.00 bits per heavy atom. The summed E-state index contributed by atoms with van der Waals surface area (Å²) in [6, 6.07) is 13.3. The fourth-order valence-electron chi connectivity index (χ4n) is 2.31. The molecule has 2 aromatic carbocycles. The first-order valence-corrected chi connectivity index (χ1v) is 8.50. The van der Waals surface area contributed by atoms with Crippen LogP contribution in [0.2, 0.25) is 0 Å². The second kappa shape index (κ2) is 6.37. The van der Waals surface area contributed by atoms with Crippen LogP contribution in [0.3, 0.4) is 0 Å². The summed E-state index contributed by atoms with van der Waals surface area (Å²) >= 11 is 0. The van der Waals surface area contributed by atoms with Crippen molar-refractivity contribution < 1.29 is 17.9 Å². The summed E-state index contributed by atoms with van der Waals surface area (Å²) in [5, 5.41) is 0. The lowest BCUT2D eigenvalue weighted by Gasteiger charge is -2.12. The Balaban J connectivity index is 2.12. The van der Waals surface area contributed by atoms with Gasteiger partial charge in [0.15, 0.2) is 17.3 Å². The van der Waals surface area contributed by atoms with Gasteiger partial charge < -0.3 is 9.47 Å². The Labute approximate surface area is 140 Å². The summed E-state index contributed by atoms with van der Waals surface area (Å²) in [6.07, 6.45) is 3.90. The molecule has 1 aromatic heterocycles. The van der Waals surface area contributed by atoms with E-state index in [0.29, 0.717) is 17.1 Å². The number of rotatable bonds is 5. The highest BCUT2D eigenvalue weighted by Gasteiger charge is 2.21. The number of nitrogens with zero attached hydrogens (tertiary/aromatic N) is 2. The molecule has 0 aliphatic carbocycles. The maximum Gasteiger partial charge on any atom is 0.269 e. The SMILES string of the molecule is COc1ccc(-c2n[c]cn2S(=O)(=O)c2ccccc2)cc1OC. The van der Waals surface area contributed by atoms with Crippen molar-refractivity contribution in [2.75, 3.05) is 14.2 Å². The summed E-state index contributed by atoms with van der Waals surface area (Å²) < 4.78 is 37.2. The maximum atomic E-state index is 12.8. The Morgan fingerprint density at radius 3 is 2.38 bits per heavy atom. The highest BCUT2D eigenvalue weighted by molar-refractivity contribution is 7.90. The predicted octanol–water partition coefficient (Wildman–Crippen LogP) is 2.60. The Hall–Kier alpha value is -2.80. The van der Waals surface area contributed by atoms with E-state index in [1.54, 1.807) is 36.4 Å². The number of aromatic nitrogens is 2. The number of imidazole rings is 1. The smallest absolute Gasteiger partial charge is 0.269 e. The van der Waals surface area contributed by atoms with Crippen molar-refractivity contribution in [1.29, 1.82) is 0 Å². The van der Waals surface area contributed by atoms with Crippen molar-refractivity contribution in [3.8, 4) is 22.9 Å². The molecule has 24 heavy (non-hydrogen) atoms. The minimum absolute atomic E-state index is 0.179. The largest absolute Gasteiger partial charge is 0.493 e. The molecule has 1 radical (unpaired) electrons. The molecule has 123 valence electrons. The van der Waals surface area contributed by atoms with Crippen molar-refractivity contribution in [1.82, 2.24) is 8.96 Å². The first-order chi connectivity index (χ1) is 11.6. The third-order valence-electron chi connectivity index (χ3n) is 3.50. The summed E-state index contributed by atoms with van der Waals surface area (Å²) in [6.45, 7) is 0. The van der Waals surface area contributed by atoms with Gasteiger partial charge in [0.1, 0.15) is 6.20 Å². The van der Waals surface area contributed by atoms with Crippen LogP contribution < -0.4 is 9.47 Å². The van der Waals surface area contributed by atoms with Gasteiger partial charge in [0, 0.05) is 5.56 Å². The molecule has 6 nitrogen and oxygen atoms in total. The van der Waals surface area contributed by atoms with Crippen molar-refractivity contribution in [3.63, 3.8) is 0 Å². The number of hydrogen-bond acceptors (Lipinski definition) is 5. The molecule has 0 saturated heterocycles. The lowest BCUT2D eigenvalue weighted by atomic mass is 10.2. The number of methoxy groups -OCH3 is 2. The van der Waals surface area contributed by atoms with E-state index in [0.717, 1.165) is 3.97 Å². The summed E-state index contributed by atoms with van der Waals surface area (Å²) in [4.78, 5) is 4.25. The second-order valence-corrected chi connectivity index (χ2v) is 6.69. The van der Waals surface area contributed by atoms with Gasteiger partial charge in [-0.3, -0.25) is 0 Å². The van der Waals surface area contributed by atoms with Crippen molar-refractivity contribution in [2.24, 2.45) is 0 Å². The van der Waals surface area contributed by atoms with Crippen molar-refractivity contribution in [2.45, 2.75) is 4.90 Å². The summed E-state index contributed by atoms with van der Waals surface area (Å²) in [5.41, 5.74) is 0.577. The van der Waals surface area contributed by atoms with Crippen LogP contribution in [0.15, 0.2) is 59.6 Å². The maximum absolute atomic E-state index is 12.8. The van der Waals surface area contributed by atoms with Gasteiger partial charge in [-0.05, 0) is 30.3 Å². The third kappa shape index (κ3) is 2.74. The molecule has 0 aliphatic heterocycles. The van der Waals surface area contributed by atoms with E-state index in [1.807, 2.05) is 0 Å². The van der Waals surface area contributed by atoms with Gasteiger partial charge >= 0.3 is 0 Å². The molecule has 0 spiro atoms. The normalized spacial score (nSPS) is 11.2. The number of hydrogen-bond donors (Lipinski definition) is 0. The lowest BCUT2D eigenvalue weighted by molar-refractivity contribution is 0.355. The molecular weight excluding hydrogens is 328 g/mol. The van der Waals surface area contributed by atoms with Gasteiger partial charge in [-0.25, -0.2) is 17.4 Å². The van der Waals surface area contributed by atoms with Gasteiger partial charge in [0.2, 0.25) is 0 Å². The van der Waals surface area contributed by atoms with E-state index in [2.05, 4.69) is 11.2 Å². The fraction of sp³-hybridized carbons (Fsp3) is 0.118. The summed E-state index contributed by atoms with van der Waals surface area (Å²) in [5.74, 6) is 1.29. The zero-order chi connectivity index (χ0) is 17.2. The van der Waals surface area contributed by atoms with Crippen LogP contribution in [0.4, 0.5) is 0 Å². The first kappa shape index (κ1) is 16.1. The molecule has 3 rings (SSSR count). The fourth-order valence-corrected chi connectivity index (χ4v) is 3.60. The standard InChI is InChI=1S/C17H15N2O4S/c1-22-15-9-8-13(12-16(15)23-2)17-18-10-11-19(17)24(20,21)14-6-4-3-5-7-14/h3-9,11-12H,1-2H3. The van der Waals surface area contributed by atoms with Crippen LogP contribution >= 0.6 is 0 Å². The first-order valence-electron chi connectivity index (χ1n) is 7.06. The predicted molar refractivity (Wildman–Crippen MR) is 88.6 cm³/mol. The lowest BCUT2D eigenvalue weighted by Crippen LogP contribution is -2.13. The minimum Gasteiger partial charge on any atom is -0.493 e. The molecule has 1 heterocycles. The Morgan fingerprint density at radius 2 is 1.71 bits per heavy atom. The number of ether oxygens (including phenoxy) is 2. The molecule has 0 N–H and O–H groups in total. The second-order valence-electron chi connectivity index (χ2n) is 4.88. The van der Waals surface area contributed by atoms with Gasteiger partial charge in [-0.15, -0.1) is 0 Å².